The first-order valence-corrected chi connectivity index (χ1v) is 8.21. The van der Waals surface area contributed by atoms with Gasteiger partial charge >= 0.3 is 0 Å². The number of nitrogens with one attached hydrogen (secondary N) is 1. The molecule has 1 rings (SSSR count). The van der Waals surface area contributed by atoms with Crippen molar-refractivity contribution in [2.24, 2.45) is 0 Å². The number of halogens is 1. The van der Waals surface area contributed by atoms with E-state index in [0.29, 0.717) is 6.04 Å². The molecule has 0 fully saturated rings. The van der Waals surface area contributed by atoms with Crippen LogP contribution in [0.1, 0.15) is 31.9 Å². The molecule has 1 N–H and O–H groups in total. The molecule has 0 saturated carbocycles. The van der Waals surface area contributed by atoms with Gasteiger partial charge in [-0.15, -0.1) is 11.8 Å². The van der Waals surface area contributed by atoms with Crippen LogP contribution in [0.3, 0.4) is 0 Å². The topological polar surface area (TPSA) is 15.3 Å². The monoisotopic (exact) mass is 300 g/mol. The lowest BCUT2D eigenvalue weighted by molar-refractivity contribution is 0.437. The Balaban J connectivity index is 2.58. The zero-order valence-corrected chi connectivity index (χ0v) is 13.9. The first-order valence-electron chi connectivity index (χ1n) is 6.85. The normalized spacial score (nSPS) is 12.9. The Labute approximate surface area is 126 Å². The molecule has 4 heteroatoms. The highest BCUT2D eigenvalue weighted by molar-refractivity contribution is 7.99. The van der Waals surface area contributed by atoms with E-state index in [1.807, 2.05) is 11.8 Å². The van der Waals surface area contributed by atoms with Gasteiger partial charge in [0, 0.05) is 23.2 Å². The molecule has 0 heterocycles. The number of rotatable bonds is 8. The van der Waals surface area contributed by atoms with Crippen LogP contribution in [0.15, 0.2) is 23.1 Å². The van der Waals surface area contributed by atoms with Crippen LogP contribution in [0.25, 0.3) is 0 Å². The van der Waals surface area contributed by atoms with Crippen molar-refractivity contribution in [1.82, 2.24) is 10.2 Å². The summed E-state index contributed by atoms with van der Waals surface area (Å²) in [6.45, 7) is 6.46. The smallest absolute Gasteiger partial charge is 0.0545 e. The Bertz CT molecular complexity index is 382. The van der Waals surface area contributed by atoms with Gasteiger partial charge in [-0.25, -0.2) is 0 Å². The molecule has 1 atom stereocenters. The average Bonchev–Trinajstić information content (AvgIpc) is 2.37. The highest BCUT2D eigenvalue weighted by Crippen LogP contribution is 2.29. The van der Waals surface area contributed by atoms with Crippen LogP contribution in [-0.2, 0) is 0 Å². The standard InChI is InChI=1S/C15H25ClN2S/c1-5-8-17-12(2)13-6-7-15(14(16)11-13)19-10-9-18(3)4/h6-7,11-12,17H,5,8-10H2,1-4H3. The first-order chi connectivity index (χ1) is 9.04. The van der Waals surface area contributed by atoms with Gasteiger partial charge in [0.1, 0.15) is 0 Å². The van der Waals surface area contributed by atoms with E-state index in [1.54, 1.807) is 0 Å². The third-order valence-corrected chi connectivity index (χ3v) is 4.43. The second-order valence-electron chi connectivity index (χ2n) is 5.02. The Kier molecular flexibility index (Phi) is 7.84. The van der Waals surface area contributed by atoms with Crippen molar-refractivity contribution in [2.75, 3.05) is 32.9 Å². The number of nitrogens with zero attached hydrogens (tertiary/aromatic N) is 1. The minimum atomic E-state index is 0.360. The van der Waals surface area contributed by atoms with E-state index in [4.69, 9.17) is 11.6 Å². The summed E-state index contributed by atoms with van der Waals surface area (Å²) in [4.78, 5) is 3.36. The third kappa shape index (κ3) is 6.17. The van der Waals surface area contributed by atoms with Crippen molar-refractivity contribution in [3.63, 3.8) is 0 Å². The van der Waals surface area contributed by atoms with E-state index in [9.17, 15) is 0 Å². The molecule has 0 aromatic heterocycles. The van der Waals surface area contributed by atoms with Gasteiger partial charge in [-0.1, -0.05) is 24.6 Å². The molecule has 1 aromatic carbocycles. The van der Waals surface area contributed by atoms with Crippen molar-refractivity contribution < 1.29 is 0 Å². The highest BCUT2D eigenvalue weighted by atomic mass is 35.5. The van der Waals surface area contributed by atoms with Crippen LogP contribution < -0.4 is 5.32 Å². The Morgan fingerprint density at radius 2 is 2.11 bits per heavy atom. The van der Waals surface area contributed by atoms with Crippen LogP contribution in [0.5, 0.6) is 0 Å². The van der Waals surface area contributed by atoms with Crippen LogP contribution in [0.2, 0.25) is 5.02 Å². The van der Waals surface area contributed by atoms with Gasteiger partial charge in [-0.05, 0) is 51.7 Å². The summed E-state index contributed by atoms with van der Waals surface area (Å²) in [6, 6.07) is 6.77. The molecule has 108 valence electrons. The lowest BCUT2D eigenvalue weighted by Gasteiger charge is -2.15. The molecule has 0 spiro atoms. The zero-order chi connectivity index (χ0) is 14.3. The zero-order valence-electron chi connectivity index (χ0n) is 12.4. The fourth-order valence-electron chi connectivity index (χ4n) is 1.72. The summed E-state index contributed by atoms with van der Waals surface area (Å²) in [6.07, 6.45) is 1.15. The molecule has 19 heavy (non-hydrogen) atoms. The van der Waals surface area contributed by atoms with E-state index in [-0.39, 0.29) is 0 Å². The molecule has 1 unspecified atom stereocenters. The second-order valence-corrected chi connectivity index (χ2v) is 6.56. The largest absolute Gasteiger partial charge is 0.310 e. The van der Waals surface area contributed by atoms with Crippen molar-refractivity contribution in [3.05, 3.63) is 28.8 Å². The molecule has 1 aromatic rings. The molecule has 0 aliphatic rings. The maximum Gasteiger partial charge on any atom is 0.0545 e. The van der Waals surface area contributed by atoms with Crippen LogP contribution in [0, 0.1) is 0 Å². The average molecular weight is 301 g/mol. The van der Waals surface area contributed by atoms with Gasteiger partial charge in [0.05, 0.1) is 5.02 Å². The molecule has 0 radical (unpaired) electrons. The van der Waals surface area contributed by atoms with Crippen LogP contribution >= 0.6 is 23.4 Å². The summed E-state index contributed by atoms with van der Waals surface area (Å²) >= 11 is 8.18. The number of thioether (sulfide) groups is 1. The fourth-order valence-corrected chi connectivity index (χ4v) is 3.11. The Morgan fingerprint density at radius 1 is 1.37 bits per heavy atom. The lowest BCUT2D eigenvalue weighted by Crippen LogP contribution is -2.19. The van der Waals surface area contributed by atoms with Crippen molar-refractivity contribution >= 4 is 23.4 Å². The van der Waals surface area contributed by atoms with Gasteiger partial charge in [0.15, 0.2) is 0 Å². The number of benzene rings is 1. The Morgan fingerprint density at radius 3 is 2.68 bits per heavy atom. The third-order valence-electron chi connectivity index (χ3n) is 2.95. The van der Waals surface area contributed by atoms with E-state index in [2.05, 4.69) is 56.4 Å². The predicted octanol–water partition coefficient (Wildman–Crippen LogP) is 4.05. The minimum absolute atomic E-state index is 0.360. The summed E-state index contributed by atoms with van der Waals surface area (Å²) in [7, 11) is 4.18. The molecule has 0 amide bonds. The minimum Gasteiger partial charge on any atom is -0.310 e. The molecular weight excluding hydrogens is 276 g/mol. The number of hydrogen-bond donors (Lipinski definition) is 1. The summed E-state index contributed by atoms with van der Waals surface area (Å²) < 4.78 is 0. The van der Waals surface area contributed by atoms with Gasteiger partial charge in [0.2, 0.25) is 0 Å². The first kappa shape index (κ1) is 16.8. The quantitative estimate of drug-likeness (QED) is 0.729. The van der Waals surface area contributed by atoms with E-state index >= 15 is 0 Å². The van der Waals surface area contributed by atoms with Crippen molar-refractivity contribution in [3.8, 4) is 0 Å². The van der Waals surface area contributed by atoms with E-state index < -0.39 is 0 Å². The molecule has 0 bridgehead atoms. The molecule has 0 aliphatic heterocycles. The molecule has 2 nitrogen and oxygen atoms in total. The van der Waals surface area contributed by atoms with Gasteiger partial charge in [-0.3, -0.25) is 0 Å². The Hall–Kier alpha value is -0.220. The van der Waals surface area contributed by atoms with Crippen molar-refractivity contribution in [2.45, 2.75) is 31.2 Å². The van der Waals surface area contributed by atoms with Crippen LogP contribution in [0.4, 0.5) is 0 Å². The van der Waals surface area contributed by atoms with Gasteiger partial charge in [0.25, 0.3) is 0 Å². The fraction of sp³-hybridized carbons (Fsp3) is 0.600. The maximum atomic E-state index is 6.36. The molecule has 0 aliphatic carbocycles. The maximum absolute atomic E-state index is 6.36. The van der Waals surface area contributed by atoms with Gasteiger partial charge < -0.3 is 10.2 Å². The summed E-state index contributed by atoms with van der Waals surface area (Å²) in [5, 5.41) is 4.35. The summed E-state index contributed by atoms with van der Waals surface area (Å²) in [5.41, 5.74) is 1.26. The highest BCUT2D eigenvalue weighted by Gasteiger charge is 2.08. The van der Waals surface area contributed by atoms with Gasteiger partial charge in [-0.2, -0.15) is 0 Å². The lowest BCUT2D eigenvalue weighted by atomic mass is 10.1. The van der Waals surface area contributed by atoms with E-state index in [1.165, 1.54) is 10.5 Å². The molecular formula is C15H25ClN2S. The predicted molar refractivity (Wildman–Crippen MR) is 87.4 cm³/mol. The SMILES string of the molecule is CCCNC(C)c1ccc(SCCN(C)C)c(Cl)c1. The second kappa shape index (κ2) is 8.85. The van der Waals surface area contributed by atoms with Crippen molar-refractivity contribution in [1.29, 1.82) is 0 Å². The molecule has 0 saturated heterocycles. The van der Waals surface area contributed by atoms with Crippen LogP contribution in [-0.4, -0.2) is 37.8 Å². The number of hydrogen-bond acceptors (Lipinski definition) is 3. The summed E-state index contributed by atoms with van der Waals surface area (Å²) in [5.74, 6) is 1.07. The van der Waals surface area contributed by atoms with E-state index in [0.717, 1.165) is 30.3 Å².